The molecule has 0 aromatic heterocycles. The molecular formula is C19H15BrCl2N2O2S. The maximum absolute atomic E-state index is 12.8. The van der Waals surface area contributed by atoms with E-state index in [0.717, 1.165) is 10.2 Å². The van der Waals surface area contributed by atoms with Crippen LogP contribution in [0, 0.1) is 0 Å². The summed E-state index contributed by atoms with van der Waals surface area (Å²) in [6.07, 6.45) is 0.663. The minimum atomic E-state index is -0.405. The molecule has 0 bridgehead atoms. The first kappa shape index (κ1) is 19.1. The Morgan fingerprint density at radius 3 is 2.37 bits per heavy atom. The lowest BCUT2D eigenvalue weighted by Gasteiger charge is -2.18. The molecule has 0 spiro atoms. The molecule has 2 aromatic rings. The molecule has 8 heteroatoms. The number of urea groups is 1. The largest absolute Gasteiger partial charge is 0.332 e. The first-order valence-corrected chi connectivity index (χ1v) is 11.0. The maximum atomic E-state index is 12.8. The van der Waals surface area contributed by atoms with E-state index in [2.05, 4.69) is 28.1 Å². The Labute approximate surface area is 179 Å². The lowest BCUT2D eigenvalue weighted by Crippen LogP contribution is -2.34. The number of fused-ring (bicyclic) bond motifs is 1. The summed E-state index contributed by atoms with van der Waals surface area (Å²) in [5, 5.41) is 1.04. The molecule has 140 valence electrons. The zero-order chi connectivity index (χ0) is 19.1. The monoisotopic (exact) mass is 484 g/mol. The summed E-state index contributed by atoms with van der Waals surface area (Å²) in [5.41, 5.74) is 1.65. The zero-order valence-electron chi connectivity index (χ0n) is 14.1. The third-order valence-electron chi connectivity index (χ3n) is 4.71. The number of hydrogen-bond acceptors (Lipinski definition) is 3. The molecule has 2 unspecified atom stereocenters. The molecule has 0 N–H and O–H groups in total. The molecule has 2 heterocycles. The van der Waals surface area contributed by atoms with E-state index in [1.807, 2.05) is 12.1 Å². The van der Waals surface area contributed by atoms with Crippen LogP contribution in [0.2, 0.25) is 10.0 Å². The Bertz CT molecular complexity index is 865. The lowest BCUT2D eigenvalue weighted by atomic mass is 10.2. The third-order valence-corrected chi connectivity index (χ3v) is 6.99. The van der Waals surface area contributed by atoms with Crippen molar-refractivity contribution in [2.45, 2.75) is 23.5 Å². The van der Waals surface area contributed by atoms with Gasteiger partial charge in [-0.1, -0.05) is 51.3 Å². The second-order valence-electron chi connectivity index (χ2n) is 6.55. The number of rotatable bonds is 4. The minimum absolute atomic E-state index is 0.204. The van der Waals surface area contributed by atoms with Gasteiger partial charge in [0.2, 0.25) is 0 Å². The van der Waals surface area contributed by atoms with Crippen LogP contribution in [-0.2, 0) is 10.5 Å². The highest BCUT2D eigenvalue weighted by atomic mass is 79.9. The van der Waals surface area contributed by atoms with Crippen molar-refractivity contribution < 1.29 is 9.59 Å². The minimum Gasteiger partial charge on any atom is -0.311 e. The second kappa shape index (κ2) is 7.66. The van der Waals surface area contributed by atoms with Crippen LogP contribution in [0.4, 0.5) is 10.5 Å². The van der Waals surface area contributed by atoms with Crippen LogP contribution >= 0.6 is 50.9 Å². The second-order valence-corrected chi connectivity index (χ2v) is 9.62. The summed E-state index contributed by atoms with van der Waals surface area (Å²) in [4.78, 5) is 28.5. The highest BCUT2D eigenvalue weighted by Crippen LogP contribution is 2.38. The number of thioether (sulfide) groups is 1. The normalized spacial score (nSPS) is 21.9. The van der Waals surface area contributed by atoms with Gasteiger partial charge in [-0.05, 0) is 42.3 Å². The fraction of sp³-hybridized carbons (Fsp3) is 0.263. The van der Waals surface area contributed by atoms with Crippen molar-refractivity contribution >= 4 is 68.5 Å². The molecular weight excluding hydrogens is 471 g/mol. The van der Waals surface area contributed by atoms with Gasteiger partial charge in [0.15, 0.2) is 0 Å². The Morgan fingerprint density at radius 1 is 1.07 bits per heavy atom. The van der Waals surface area contributed by atoms with Gasteiger partial charge >= 0.3 is 6.03 Å². The van der Waals surface area contributed by atoms with E-state index in [-0.39, 0.29) is 17.2 Å². The smallest absolute Gasteiger partial charge is 0.311 e. The standard InChI is InChI=1S/C19H15BrCl2N2O2S/c20-12-3-1-11(2-4-12)10-27-16-8-17-18(25)24(19(26)23(17)9-16)15-6-13(21)5-14(22)7-15/h1-7,16-17H,8-10H2. The summed E-state index contributed by atoms with van der Waals surface area (Å²) in [5.74, 6) is 0.652. The molecule has 0 saturated carbocycles. The number of carbonyl (C=O) groups excluding carboxylic acids is 2. The molecule has 27 heavy (non-hydrogen) atoms. The number of benzene rings is 2. The van der Waals surface area contributed by atoms with Crippen molar-refractivity contribution in [2.75, 3.05) is 11.4 Å². The van der Waals surface area contributed by atoms with Crippen molar-refractivity contribution in [3.05, 3.63) is 62.5 Å². The van der Waals surface area contributed by atoms with Crippen molar-refractivity contribution in [3.63, 3.8) is 0 Å². The van der Waals surface area contributed by atoms with Crippen LogP contribution in [0.1, 0.15) is 12.0 Å². The molecule has 2 saturated heterocycles. The fourth-order valence-electron chi connectivity index (χ4n) is 3.44. The van der Waals surface area contributed by atoms with Crippen LogP contribution in [0.3, 0.4) is 0 Å². The SMILES string of the molecule is O=C1C2CC(SCc3ccc(Br)cc3)CN2C(=O)N1c1cc(Cl)cc(Cl)c1. The molecule has 4 rings (SSSR count). The van der Waals surface area contributed by atoms with Gasteiger partial charge in [0.25, 0.3) is 5.91 Å². The number of hydrogen-bond donors (Lipinski definition) is 0. The molecule has 2 aliphatic rings. The Morgan fingerprint density at radius 2 is 1.74 bits per heavy atom. The summed E-state index contributed by atoms with van der Waals surface area (Å²) < 4.78 is 1.05. The van der Waals surface area contributed by atoms with Gasteiger partial charge in [-0.3, -0.25) is 4.79 Å². The summed E-state index contributed by atoms with van der Waals surface area (Å²) in [7, 11) is 0. The molecule has 2 aliphatic heterocycles. The van der Waals surface area contributed by atoms with E-state index >= 15 is 0 Å². The van der Waals surface area contributed by atoms with Crippen LogP contribution in [-0.4, -0.2) is 34.7 Å². The van der Waals surface area contributed by atoms with Gasteiger partial charge in [0.1, 0.15) is 6.04 Å². The number of anilines is 1. The van der Waals surface area contributed by atoms with Crippen LogP contribution in [0.15, 0.2) is 46.9 Å². The lowest BCUT2D eigenvalue weighted by molar-refractivity contribution is -0.119. The number of imide groups is 1. The van der Waals surface area contributed by atoms with E-state index < -0.39 is 6.04 Å². The fourth-order valence-corrected chi connectivity index (χ4v) is 5.42. The van der Waals surface area contributed by atoms with Gasteiger partial charge in [-0.25, -0.2) is 9.69 Å². The number of halogens is 3. The van der Waals surface area contributed by atoms with Crippen molar-refractivity contribution in [3.8, 4) is 0 Å². The first-order valence-electron chi connectivity index (χ1n) is 8.39. The number of amides is 3. The Kier molecular flexibility index (Phi) is 5.43. The Hall–Kier alpha value is -1.21. The summed E-state index contributed by atoms with van der Waals surface area (Å²) in [6, 6.07) is 12.2. The number of carbonyl (C=O) groups is 2. The van der Waals surface area contributed by atoms with E-state index in [9.17, 15) is 9.59 Å². The van der Waals surface area contributed by atoms with Gasteiger partial charge < -0.3 is 4.90 Å². The number of nitrogens with zero attached hydrogens (tertiary/aromatic N) is 2. The summed E-state index contributed by atoms with van der Waals surface area (Å²) in [6.45, 7) is 0.571. The predicted octanol–water partition coefficient (Wildman–Crippen LogP) is 5.60. The van der Waals surface area contributed by atoms with Crippen LogP contribution < -0.4 is 4.90 Å². The van der Waals surface area contributed by atoms with Gasteiger partial charge in [-0.2, -0.15) is 11.8 Å². The van der Waals surface area contributed by atoms with E-state index in [4.69, 9.17) is 23.2 Å². The predicted molar refractivity (Wildman–Crippen MR) is 114 cm³/mol. The summed E-state index contributed by atoms with van der Waals surface area (Å²) >= 11 is 17.3. The van der Waals surface area contributed by atoms with E-state index in [1.54, 1.807) is 34.9 Å². The quantitative estimate of drug-likeness (QED) is 0.529. The molecule has 0 radical (unpaired) electrons. The van der Waals surface area contributed by atoms with Crippen molar-refractivity contribution in [1.82, 2.24) is 4.90 Å². The highest BCUT2D eigenvalue weighted by molar-refractivity contribution is 9.10. The highest BCUT2D eigenvalue weighted by Gasteiger charge is 2.51. The zero-order valence-corrected chi connectivity index (χ0v) is 18.0. The van der Waals surface area contributed by atoms with Crippen LogP contribution in [0.25, 0.3) is 0 Å². The molecule has 2 aromatic carbocycles. The third kappa shape index (κ3) is 3.86. The van der Waals surface area contributed by atoms with E-state index in [0.29, 0.717) is 28.7 Å². The topological polar surface area (TPSA) is 40.6 Å². The van der Waals surface area contributed by atoms with Crippen molar-refractivity contribution in [2.24, 2.45) is 0 Å². The maximum Gasteiger partial charge on any atom is 0.332 e. The van der Waals surface area contributed by atoms with E-state index in [1.165, 1.54) is 10.5 Å². The molecule has 3 amide bonds. The first-order chi connectivity index (χ1) is 12.9. The van der Waals surface area contributed by atoms with Gasteiger partial charge in [-0.15, -0.1) is 0 Å². The van der Waals surface area contributed by atoms with Gasteiger partial charge in [0, 0.05) is 32.1 Å². The molecule has 2 atom stereocenters. The van der Waals surface area contributed by atoms with Crippen LogP contribution in [0.5, 0.6) is 0 Å². The average Bonchev–Trinajstić information content (AvgIpc) is 3.13. The molecule has 4 nitrogen and oxygen atoms in total. The molecule has 0 aliphatic carbocycles. The van der Waals surface area contributed by atoms with Crippen molar-refractivity contribution in [1.29, 1.82) is 0 Å². The average molecular weight is 486 g/mol. The molecule has 2 fully saturated rings. The van der Waals surface area contributed by atoms with Gasteiger partial charge in [0.05, 0.1) is 5.69 Å². The Balaban J connectivity index is 1.44.